The molecule has 2 aromatic rings. The number of carbonyl (C=O) groups is 1. The van der Waals surface area contributed by atoms with Crippen molar-refractivity contribution in [3.05, 3.63) is 59.0 Å². The normalized spacial score (nSPS) is 13.0. The van der Waals surface area contributed by atoms with Crippen LogP contribution in [0.5, 0.6) is 0 Å². The van der Waals surface area contributed by atoms with E-state index in [9.17, 15) is 18.0 Å². The largest absolute Gasteiger partial charge is 0.459 e. The topological polar surface area (TPSA) is 42.2 Å². The van der Waals surface area contributed by atoms with Crippen LogP contribution in [0.3, 0.4) is 0 Å². The van der Waals surface area contributed by atoms with Crippen molar-refractivity contribution in [2.24, 2.45) is 0 Å². The van der Waals surface area contributed by atoms with Crippen molar-refractivity contribution < 1.29 is 22.4 Å². The van der Waals surface area contributed by atoms with Gasteiger partial charge in [0.1, 0.15) is 0 Å². The van der Waals surface area contributed by atoms with Crippen molar-refractivity contribution in [2.45, 2.75) is 26.1 Å². The van der Waals surface area contributed by atoms with Gasteiger partial charge in [0.2, 0.25) is 0 Å². The van der Waals surface area contributed by atoms with E-state index in [1.165, 1.54) is 18.4 Å². The Morgan fingerprint density at radius 1 is 1.19 bits per heavy atom. The third kappa shape index (κ3) is 3.45. The molecule has 0 aliphatic heterocycles. The molecule has 0 radical (unpaired) electrons. The highest BCUT2D eigenvalue weighted by molar-refractivity contribution is 5.93. The summed E-state index contributed by atoms with van der Waals surface area (Å²) in [7, 11) is 0. The number of aryl methyl sites for hydroxylation is 1. The van der Waals surface area contributed by atoms with E-state index in [1.54, 1.807) is 19.9 Å². The molecule has 1 N–H and O–H groups in total. The van der Waals surface area contributed by atoms with Crippen LogP contribution in [-0.2, 0) is 6.18 Å². The highest BCUT2D eigenvalue weighted by atomic mass is 19.4. The Bertz CT molecular complexity index is 629. The number of hydrogen-bond acceptors (Lipinski definition) is 2. The zero-order chi connectivity index (χ0) is 15.6. The molecule has 0 aliphatic carbocycles. The standard InChI is InChI=1S/C15H14F3NO2/c1-9-7-8-21-13(9)14(20)19-10(2)11-3-5-12(6-4-11)15(16,17)18/h3-8,10H,1-2H3,(H,19,20)/t10-/m1/s1. The second-order valence-electron chi connectivity index (χ2n) is 4.75. The number of halogens is 3. The average molecular weight is 297 g/mol. The molecule has 0 fully saturated rings. The minimum absolute atomic E-state index is 0.203. The SMILES string of the molecule is Cc1ccoc1C(=O)N[C@H](C)c1ccc(C(F)(F)F)cc1. The van der Waals surface area contributed by atoms with Gasteiger partial charge in [0.15, 0.2) is 5.76 Å². The summed E-state index contributed by atoms with van der Waals surface area (Å²) < 4.78 is 42.5. The molecule has 0 saturated heterocycles. The van der Waals surface area contributed by atoms with Gasteiger partial charge in [-0.05, 0) is 37.6 Å². The van der Waals surface area contributed by atoms with Gasteiger partial charge in [0.25, 0.3) is 5.91 Å². The number of furan rings is 1. The summed E-state index contributed by atoms with van der Waals surface area (Å²) in [5.41, 5.74) is 0.569. The summed E-state index contributed by atoms with van der Waals surface area (Å²) in [6, 6.07) is 5.93. The molecule has 112 valence electrons. The van der Waals surface area contributed by atoms with E-state index >= 15 is 0 Å². The lowest BCUT2D eigenvalue weighted by atomic mass is 10.1. The first-order valence-corrected chi connectivity index (χ1v) is 6.31. The zero-order valence-corrected chi connectivity index (χ0v) is 11.5. The van der Waals surface area contributed by atoms with E-state index in [2.05, 4.69) is 5.32 Å². The van der Waals surface area contributed by atoms with Gasteiger partial charge in [-0.1, -0.05) is 12.1 Å². The number of benzene rings is 1. The van der Waals surface area contributed by atoms with E-state index < -0.39 is 23.7 Å². The van der Waals surface area contributed by atoms with Gasteiger partial charge >= 0.3 is 6.18 Å². The molecule has 0 saturated carbocycles. The van der Waals surface area contributed by atoms with Crippen LogP contribution in [-0.4, -0.2) is 5.91 Å². The highest BCUT2D eigenvalue weighted by Crippen LogP contribution is 2.29. The van der Waals surface area contributed by atoms with Crippen molar-refractivity contribution in [2.75, 3.05) is 0 Å². The Hall–Kier alpha value is -2.24. The van der Waals surface area contributed by atoms with Crippen LogP contribution in [0.1, 0.15) is 40.2 Å². The average Bonchev–Trinajstić information content (AvgIpc) is 2.84. The molecule has 21 heavy (non-hydrogen) atoms. The number of nitrogens with one attached hydrogen (secondary N) is 1. The van der Waals surface area contributed by atoms with Crippen molar-refractivity contribution in [1.29, 1.82) is 0 Å². The Balaban J connectivity index is 2.09. The number of hydrogen-bond donors (Lipinski definition) is 1. The Kier molecular flexibility index (Phi) is 4.06. The molecule has 1 aromatic carbocycles. The smallest absolute Gasteiger partial charge is 0.416 e. The van der Waals surface area contributed by atoms with Crippen LogP contribution < -0.4 is 5.32 Å². The van der Waals surface area contributed by atoms with Gasteiger partial charge in [-0.2, -0.15) is 13.2 Å². The van der Waals surface area contributed by atoms with E-state index in [1.807, 2.05) is 0 Å². The summed E-state index contributed by atoms with van der Waals surface area (Å²) in [5.74, 6) is -0.196. The van der Waals surface area contributed by atoms with Crippen LogP contribution in [0.4, 0.5) is 13.2 Å². The van der Waals surface area contributed by atoms with Gasteiger partial charge in [0.05, 0.1) is 17.9 Å². The molecule has 0 unspecified atom stereocenters. The van der Waals surface area contributed by atoms with Gasteiger partial charge < -0.3 is 9.73 Å². The van der Waals surface area contributed by atoms with Crippen LogP contribution in [0.25, 0.3) is 0 Å². The molecule has 0 bridgehead atoms. The third-order valence-corrected chi connectivity index (χ3v) is 3.15. The summed E-state index contributed by atoms with van der Waals surface area (Å²) in [6.45, 7) is 3.43. The molecule has 3 nitrogen and oxygen atoms in total. The van der Waals surface area contributed by atoms with Crippen LogP contribution in [0.2, 0.25) is 0 Å². The second kappa shape index (κ2) is 5.63. The lowest BCUT2D eigenvalue weighted by molar-refractivity contribution is -0.137. The summed E-state index contributed by atoms with van der Waals surface area (Å²) in [5, 5.41) is 2.68. The van der Waals surface area contributed by atoms with E-state index in [-0.39, 0.29) is 5.76 Å². The molecule has 0 spiro atoms. The predicted octanol–water partition coefficient (Wildman–Crippen LogP) is 4.10. The first-order valence-electron chi connectivity index (χ1n) is 6.31. The van der Waals surface area contributed by atoms with Crippen molar-refractivity contribution >= 4 is 5.91 Å². The molecule has 1 amide bonds. The van der Waals surface area contributed by atoms with Gasteiger partial charge in [0, 0.05) is 5.56 Å². The van der Waals surface area contributed by atoms with Crippen molar-refractivity contribution in [1.82, 2.24) is 5.32 Å². The Morgan fingerprint density at radius 3 is 2.29 bits per heavy atom. The third-order valence-electron chi connectivity index (χ3n) is 3.15. The monoisotopic (exact) mass is 297 g/mol. The molecule has 1 heterocycles. The minimum Gasteiger partial charge on any atom is -0.459 e. The molecule has 0 aliphatic rings. The number of carbonyl (C=O) groups excluding carboxylic acids is 1. The van der Waals surface area contributed by atoms with E-state index in [0.29, 0.717) is 11.1 Å². The molecule has 2 rings (SSSR count). The summed E-state index contributed by atoms with van der Waals surface area (Å²) in [6.07, 6.45) is -2.96. The maximum absolute atomic E-state index is 12.5. The highest BCUT2D eigenvalue weighted by Gasteiger charge is 2.30. The van der Waals surface area contributed by atoms with Crippen molar-refractivity contribution in [3.8, 4) is 0 Å². The molecule has 6 heteroatoms. The maximum atomic E-state index is 12.5. The molecular weight excluding hydrogens is 283 g/mol. The first-order chi connectivity index (χ1) is 9.79. The minimum atomic E-state index is -4.36. The maximum Gasteiger partial charge on any atom is 0.416 e. The Labute approximate surface area is 119 Å². The zero-order valence-electron chi connectivity index (χ0n) is 11.5. The van der Waals surface area contributed by atoms with E-state index in [0.717, 1.165) is 12.1 Å². The lowest BCUT2D eigenvalue weighted by Gasteiger charge is -2.15. The second-order valence-corrected chi connectivity index (χ2v) is 4.75. The quantitative estimate of drug-likeness (QED) is 0.927. The fourth-order valence-corrected chi connectivity index (χ4v) is 1.91. The molecule has 1 atom stereocenters. The Morgan fingerprint density at radius 2 is 1.81 bits per heavy atom. The fourth-order valence-electron chi connectivity index (χ4n) is 1.91. The number of rotatable bonds is 3. The number of alkyl halides is 3. The van der Waals surface area contributed by atoms with Gasteiger partial charge in [-0.25, -0.2) is 0 Å². The lowest BCUT2D eigenvalue weighted by Crippen LogP contribution is -2.26. The fraction of sp³-hybridized carbons (Fsp3) is 0.267. The first kappa shape index (κ1) is 15.2. The predicted molar refractivity (Wildman–Crippen MR) is 70.8 cm³/mol. The summed E-state index contributed by atoms with van der Waals surface area (Å²) >= 11 is 0. The molecular formula is C15H14F3NO2. The van der Waals surface area contributed by atoms with Crippen LogP contribution in [0, 0.1) is 6.92 Å². The van der Waals surface area contributed by atoms with Gasteiger partial charge in [-0.15, -0.1) is 0 Å². The van der Waals surface area contributed by atoms with Crippen molar-refractivity contribution in [3.63, 3.8) is 0 Å². The molecule has 1 aromatic heterocycles. The van der Waals surface area contributed by atoms with Gasteiger partial charge in [-0.3, -0.25) is 4.79 Å². The number of amides is 1. The van der Waals surface area contributed by atoms with Crippen LogP contribution >= 0.6 is 0 Å². The van der Waals surface area contributed by atoms with Crippen LogP contribution in [0.15, 0.2) is 41.0 Å². The van der Waals surface area contributed by atoms with E-state index in [4.69, 9.17) is 4.42 Å². The summed E-state index contributed by atoms with van der Waals surface area (Å²) in [4.78, 5) is 12.0.